The van der Waals surface area contributed by atoms with E-state index < -0.39 is 53.4 Å². The Labute approximate surface area is 251 Å². The standard InChI is InChI=1S/C30H41N7O6/c1-2-12-33-30(43)26(39)21(16-19-10-11-19)35-28(41)23-9-6-15-37(23)24(38)18-34-29(42)25(20-7-4-3-5-8-20)36-27(40)22-17-31-13-14-32-22/h2,13-14,17,19-21,23,25H,1,3-12,15-16,18H2,(H,33,43)(H,34,42)(H,35,41)(H,36,40). The number of ketones is 1. The van der Waals surface area contributed by atoms with Crippen molar-refractivity contribution in [2.45, 2.75) is 82.3 Å². The topological polar surface area (TPSA) is 180 Å². The van der Waals surface area contributed by atoms with Crippen LogP contribution in [0.25, 0.3) is 0 Å². The largest absolute Gasteiger partial charge is 0.346 e. The van der Waals surface area contributed by atoms with Crippen molar-refractivity contribution in [3.8, 4) is 0 Å². The molecule has 0 radical (unpaired) electrons. The van der Waals surface area contributed by atoms with Gasteiger partial charge in [0.25, 0.3) is 11.8 Å². The smallest absolute Gasteiger partial charge is 0.289 e. The average molecular weight is 596 g/mol. The van der Waals surface area contributed by atoms with Gasteiger partial charge in [-0.15, -0.1) is 6.58 Å². The molecule has 3 atom stereocenters. The van der Waals surface area contributed by atoms with Gasteiger partial charge in [-0.2, -0.15) is 0 Å². The van der Waals surface area contributed by atoms with E-state index >= 15 is 0 Å². The van der Waals surface area contributed by atoms with Crippen molar-refractivity contribution in [1.82, 2.24) is 36.1 Å². The molecule has 43 heavy (non-hydrogen) atoms. The van der Waals surface area contributed by atoms with Gasteiger partial charge >= 0.3 is 0 Å². The molecule has 3 fully saturated rings. The normalized spacial score (nSPS) is 19.9. The number of rotatable bonds is 14. The second-order valence-corrected chi connectivity index (χ2v) is 11.5. The van der Waals surface area contributed by atoms with Crippen molar-refractivity contribution >= 4 is 35.3 Å². The Kier molecular flexibility index (Phi) is 11.3. The molecule has 0 bridgehead atoms. The molecule has 13 nitrogen and oxygen atoms in total. The van der Waals surface area contributed by atoms with Crippen LogP contribution >= 0.6 is 0 Å². The summed E-state index contributed by atoms with van der Waals surface area (Å²) in [4.78, 5) is 87.0. The second kappa shape index (κ2) is 15.4. The van der Waals surface area contributed by atoms with Crippen molar-refractivity contribution in [2.24, 2.45) is 11.8 Å². The first-order valence-electron chi connectivity index (χ1n) is 15.2. The van der Waals surface area contributed by atoms with Crippen LogP contribution in [-0.2, 0) is 24.0 Å². The third-order valence-corrected chi connectivity index (χ3v) is 8.31. The minimum atomic E-state index is -0.976. The minimum absolute atomic E-state index is 0.0839. The van der Waals surface area contributed by atoms with Crippen molar-refractivity contribution in [1.29, 1.82) is 0 Å². The quantitative estimate of drug-likeness (QED) is 0.176. The fourth-order valence-corrected chi connectivity index (χ4v) is 5.81. The number of amides is 5. The molecule has 1 aliphatic heterocycles. The summed E-state index contributed by atoms with van der Waals surface area (Å²) >= 11 is 0. The number of hydrogen-bond donors (Lipinski definition) is 4. The lowest BCUT2D eigenvalue weighted by Gasteiger charge is -2.30. The maximum atomic E-state index is 13.3. The number of Topliss-reactive ketones (excluding diaryl/α,β-unsaturated/α-hetero) is 1. The van der Waals surface area contributed by atoms with Crippen molar-refractivity contribution in [3.05, 3.63) is 36.9 Å². The maximum Gasteiger partial charge on any atom is 0.289 e. The van der Waals surface area contributed by atoms with Crippen LogP contribution in [0.15, 0.2) is 31.2 Å². The summed E-state index contributed by atoms with van der Waals surface area (Å²) in [7, 11) is 0. The lowest BCUT2D eigenvalue weighted by atomic mass is 9.83. The molecular weight excluding hydrogens is 554 g/mol. The molecule has 1 saturated heterocycles. The van der Waals surface area contributed by atoms with Gasteiger partial charge < -0.3 is 26.2 Å². The molecule has 232 valence electrons. The Bertz CT molecular complexity index is 1200. The van der Waals surface area contributed by atoms with Crippen LogP contribution in [-0.4, -0.2) is 87.9 Å². The highest BCUT2D eigenvalue weighted by molar-refractivity contribution is 6.38. The van der Waals surface area contributed by atoms with Crippen LogP contribution in [0.2, 0.25) is 0 Å². The lowest BCUT2D eigenvalue weighted by Crippen LogP contribution is -2.56. The molecule has 0 spiro atoms. The third kappa shape index (κ3) is 8.91. The van der Waals surface area contributed by atoms with Gasteiger partial charge in [0.1, 0.15) is 17.8 Å². The number of likely N-dealkylation sites (tertiary alicyclic amines) is 1. The third-order valence-electron chi connectivity index (χ3n) is 8.31. The van der Waals surface area contributed by atoms with Gasteiger partial charge in [0.05, 0.1) is 18.8 Å². The van der Waals surface area contributed by atoms with Gasteiger partial charge in [-0.05, 0) is 43.9 Å². The van der Waals surface area contributed by atoms with Crippen LogP contribution < -0.4 is 21.3 Å². The van der Waals surface area contributed by atoms with Crippen LogP contribution in [0.3, 0.4) is 0 Å². The van der Waals surface area contributed by atoms with Gasteiger partial charge in [0, 0.05) is 25.5 Å². The molecule has 2 heterocycles. The Morgan fingerprint density at radius 1 is 0.953 bits per heavy atom. The zero-order valence-corrected chi connectivity index (χ0v) is 24.4. The summed E-state index contributed by atoms with van der Waals surface area (Å²) in [6.07, 6.45) is 13.3. The first-order chi connectivity index (χ1) is 20.8. The molecule has 4 N–H and O–H groups in total. The zero-order valence-electron chi connectivity index (χ0n) is 24.4. The highest BCUT2D eigenvalue weighted by atomic mass is 16.2. The molecule has 0 aromatic carbocycles. The number of carbonyl (C=O) groups excluding carboxylic acids is 6. The van der Waals surface area contributed by atoms with Gasteiger partial charge in [0.15, 0.2) is 0 Å². The van der Waals surface area contributed by atoms with E-state index in [4.69, 9.17) is 0 Å². The van der Waals surface area contributed by atoms with E-state index in [2.05, 4.69) is 37.8 Å². The van der Waals surface area contributed by atoms with E-state index in [0.29, 0.717) is 25.8 Å². The van der Waals surface area contributed by atoms with Crippen LogP contribution in [0.1, 0.15) is 74.7 Å². The SMILES string of the molecule is C=CCNC(=O)C(=O)C(CC1CC1)NC(=O)C1CCCN1C(=O)CNC(=O)C(NC(=O)c1cnccn1)C1CCCCC1. The number of aromatic nitrogens is 2. The van der Waals surface area contributed by atoms with Crippen LogP contribution in [0.4, 0.5) is 0 Å². The Balaban J connectivity index is 1.35. The van der Waals surface area contributed by atoms with Crippen LogP contribution in [0.5, 0.6) is 0 Å². The fraction of sp³-hybridized carbons (Fsp3) is 0.600. The highest BCUT2D eigenvalue weighted by Gasteiger charge is 2.39. The molecule has 3 unspecified atom stereocenters. The predicted molar refractivity (Wildman–Crippen MR) is 155 cm³/mol. The summed E-state index contributed by atoms with van der Waals surface area (Å²) in [6.45, 7) is 3.63. The van der Waals surface area contributed by atoms with Gasteiger partial charge in [-0.3, -0.25) is 33.8 Å². The summed E-state index contributed by atoms with van der Waals surface area (Å²) < 4.78 is 0. The van der Waals surface area contributed by atoms with Crippen LogP contribution in [0, 0.1) is 11.8 Å². The first-order valence-corrected chi connectivity index (χ1v) is 15.2. The van der Waals surface area contributed by atoms with E-state index in [-0.39, 0.29) is 30.6 Å². The van der Waals surface area contributed by atoms with E-state index in [0.717, 1.165) is 44.9 Å². The number of nitrogens with one attached hydrogen (secondary N) is 4. The number of hydrogen-bond acceptors (Lipinski definition) is 8. The molecule has 2 saturated carbocycles. The predicted octanol–water partition coefficient (Wildman–Crippen LogP) is 0.419. The molecule has 13 heteroatoms. The molecule has 3 aliphatic rings. The van der Waals surface area contributed by atoms with Gasteiger partial charge in [-0.1, -0.05) is 38.2 Å². The Morgan fingerprint density at radius 3 is 2.40 bits per heavy atom. The van der Waals surface area contributed by atoms with Gasteiger partial charge in [-0.25, -0.2) is 4.98 Å². The monoisotopic (exact) mass is 595 g/mol. The van der Waals surface area contributed by atoms with Crippen molar-refractivity contribution in [2.75, 3.05) is 19.6 Å². The highest BCUT2D eigenvalue weighted by Crippen LogP contribution is 2.34. The Morgan fingerprint density at radius 2 is 1.72 bits per heavy atom. The molecule has 1 aromatic rings. The summed E-state index contributed by atoms with van der Waals surface area (Å²) in [5, 5.41) is 10.6. The molecule has 4 rings (SSSR count). The molecule has 1 aromatic heterocycles. The molecular formula is C30H41N7O6. The summed E-state index contributed by atoms with van der Waals surface area (Å²) in [6, 6.07) is -2.64. The second-order valence-electron chi connectivity index (χ2n) is 11.5. The fourth-order valence-electron chi connectivity index (χ4n) is 5.81. The number of nitrogens with zero attached hydrogens (tertiary/aromatic N) is 3. The minimum Gasteiger partial charge on any atom is -0.346 e. The van der Waals surface area contributed by atoms with Crippen molar-refractivity contribution < 1.29 is 28.8 Å². The van der Waals surface area contributed by atoms with E-state index in [9.17, 15) is 28.8 Å². The first kappa shape index (κ1) is 31.8. The lowest BCUT2D eigenvalue weighted by molar-refractivity contribution is -0.142. The van der Waals surface area contributed by atoms with Gasteiger partial charge in [0.2, 0.25) is 23.5 Å². The van der Waals surface area contributed by atoms with E-state index in [1.165, 1.54) is 29.6 Å². The van der Waals surface area contributed by atoms with E-state index in [1.54, 1.807) is 0 Å². The average Bonchev–Trinajstić information content (AvgIpc) is 3.71. The zero-order chi connectivity index (χ0) is 30.8. The Hall–Kier alpha value is -4.16. The van der Waals surface area contributed by atoms with E-state index in [1.807, 2.05) is 0 Å². The molecule has 2 aliphatic carbocycles. The molecule has 5 amide bonds. The summed E-state index contributed by atoms with van der Waals surface area (Å²) in [5.74, 6) is -3.25. The maximum absolute atomic E-state index is 13.3. The number of carbonyl (C=O) groups is 6. The summed E-state index contributed by atoms with van der Waals surface area (Å²) in [5.41, 5.74) is 0.0924. The van der Waals surface area contributed by atoms with Crippen molar-refractivity contribution in [3.63, 3.8) is 0 Å².